The molecule has 0 unspecified atom stereocenters. The van der Waals surface area contributed by atoms with E-state index in [-0.39, 0.29) is 5.97 Å². The van der Waals surface area contributed by atoms with Gasteiger partial charge in [0.05, 0.1) is 19.3 Å². The van der Waals surface area contributed by atoms with Gasteiger partial charge in [-0.15, -0.1) is 0 Å². The summed E-state index contributed by atoms with van der Waals surface area (Å²) in [6.07, 6.45) is 0.885. The number of fused-ring (bicyclic) bond motifs is 3. The summed E-state index contributed by atoms with van der Waals surface area (Å²) in [5.41, 5.74) is 5.87. The van der Waals surface area contributed by atoms with Gasteiger partial charge in [-0.2, -0.15) is 0 Å². The zero-order valence-electron chi connectivity index (χ0n) is 14.6. The highest BCUT2D eigenvalue weighted by atomic mass is 16.5. The molecule has 0 bridgehead atoms. The first-order valence-corrected chi connectivity index (χ1v) is 8.77. The Labute approximate surface area is 153 Å². The lowest BCUT2D eigenvalue weighted by Crippen LogP contribution is -2.06. The highest BCUT2D eigenvalue weighted by Gasteiger charge is 2.27. The molecule has 0 saturated heterocycles. The Balaban J connectivity index is 1.50. The van der Waals surface area contributed by atoms with E-state index in [2.05, 4.69) is 48.5 Å². The fourth-order valence-electron chi connectivity index (χ4n) is 3.70. The molecule has 3 aromatic carbocycles. The van der Waals surface area contributed by atoms with Gasteiger partial charge in [0.2, 0.25) is 0 Å². The summed E-state index contributed by atoms with van der Waals surface area (Å²) in [6.45, 7) is 0.581. The van der Waals surface area contributed by atoms with Crippen LogP contribution in [0.1, 0.15) is 33.8 Å². The van der Waals surface area contributed by atoms with Crippen molar-refractivity contribution >= 4 is 5.97 Å². The molecule has 0 aliphatic heterocycles. The number of ether oxygens (including phenoxy) is 2. The van der Waals surface area contributed by atoms with Gasteiger partial charge < -0.3 is 9.47 Å². The summed E-state index contributed by atoms with van der Waals surface area (Å²) in [4.78, 5) is 11.6. The average Bonchev–Trinajstić information content (AvgIpc) is 3.02. The first kappa shape index (κ1) is 16.4. The molecule has 0 radical (unpaired) electrons. The van der Waals surface area contributed by atoms with Crippen LogP contribution in [-0.4, -0.2) is 19.7 Å². The Morgan fingerprint density at radius 3 is 2.19 bits per heavy atom. The molecule has 26 heavy (non-hydrogen) atoms. The van der Waals surface area contributed by atoms with Crippen LogP contribution in [0.2, 0.25) is 0 Å². The molecule has 0 N–H and O–H groups in total. The van der Waals surface area contributed by atoms with E-state index in [1.165, 1.54) is 29.4 Å². The minimum atomic E-state index is -0.353. The van der Waals surface area contributed by atoms with E-state index in [1.54, 1.807) is 12.1 Å². The number of carbonyl (C=O) groups is 1. The Hall–Kier alpha value is -3.07. The molecule has 0 saturated carbocycles. The van der Waals surface area contributed by atoms with Gasteiger partial charge in [0.15, 0.2) is 0 Å². The van der Waals surface area contributed by atoms with Gasteiger partial charge in [0, 0.05) is 5.92 Å². The molecular weight excluding hydrogens is 324 g/mol. The zero-order chi connectivity index (χ0) is 17.9. The van der Waals surface area contributed by atoms with Crippen LogP contribution in [0.4, 0.5) is 0 Å². The van der Waals surface area contributed by atoms with E-state index in [9.17, 15) is 4.79 Å². The van der Waals surface area contributed by atoms with Gasteiger partial charge >= 0.3 is 5.97 Å². The SMILES string of the molecule is COC(=O)c1cccc(OCCC2c3ccccc3-c3ccccc32)c1. The third kappa shape index (κ3) is 2.97. The standard InChI is InChI=1S/C23H20O3/c1-25-23(24)16-7-6-8-17(15-16)26-14-13-22-20-11-4-2-9-18(20)19-10-3-5-12-21(19)22/h2-12,15,22H,13-14H2,1H3. The second-order valence-corrected chi connectivity index (χ2v) is 6.38. The third-order valence-corrected chi connectivity index (χ3v) is 4.89. The van der Waals surface area contributed by atoms with Crippen molar-refractivity contribution in [3.8, 4) is 16.9 Å². The van der Waals surface area contributed by atoms with Gasteiger partial charge in [-0.3, -0.25) is 0 Å². The molecule has 1 aliphatic rings. The minimum Gasteiger partial charge on any atom is -0.494 e. The van der Waals surface area contributed by atoms with E-state index in [0.29, 0.717) is 23.8 Å². The van der Waals surface area contributed by atoms with E-state index >= 15 is 0 Å². The second kappa shape index (κ2) is 7.04. The molecular formula is C23H20O3. The van der Waals surface area contributed by atoms with E-state index in [0.717, 1.165) is 6.42 Å². The minimum absolute atomic E-state index is 0.339. The van der Waals surface area contributed by atoms with Crippen molar-refractivity contribution in [1.82, 2.24) is 0 Å². The lowest BCUT2D eigenvalue weighted by molar-refractivity contribution is 0.0600. The summed E-state index contributed by atoms with van der Waals surface area (Å²) in [7, 11) is 1.38. The molecule has 0 heterocycles. The summed E-state index contributed by atoms with van der Waals surface area (Å²) >= 11 is 0. The Morgan fingerprint density at radius 2 is 1.54 bits per heavy atom. The smallest absolute Gasteiger partial charge is 0.337 e. The first-order valence-electron chi connectivity index (χ1n) is 8.77. The van der Waals surface area contributed by atoms with Crippen LogP contribution >= 0.6 is 0 Å². The van der Waals surface area contributed by atoms with Crippen LogP contribution in [-0.2, 0) is 4.74 Å². The summed E-state index contributed by atoms with van der Waals surface area (Å²) < 4.78 is 10.7. The van der Waals surface area contributed by atoms with Crippen LogP contribution < -0.4 is 4.74 Å². The normalized spacial score (nSPS) is 12.3. The molecule has 0 fully saturated rings. The van der Waals surface area contributed by atoms with Gasteiger partial charge in [0.1, 0.15) is 5.75 Å². The highest BCUT2D eigenvalue weighted by Crippen LogP contribution is 2.45. The Bertz CT molecular complexity index is 900. The van der Waals surface area contributed by atoms with Gasteiger partial charge in [-0.25, -0.2) is 4.79 Å². The number of rotatable bonds is 5. The van der Waals surface area contributed by atoms with E-state index in [4.69, 9.17) is 9.47 Å². The van der Waals surface area contributed by atoms with Crippen LogP contribution in [0.15, 0.2) is 72.8 Å². The Morgan fingerprint density at radius 1 is 0.885 bits per heavy atom. The predicted octanol–water partition coefficient (Wildman–Crippen LogP) is 5.05. The fraction of sp³-hybridized carbons (Fsp3) is 0.174. The van der Waals surface area contributed by atoms with Crippen molar-refractivity contribution in [2.45, 2.75) is 12.3 Å². The molecule has 3 nitrogen and oxygen atoms in total. The maximum atomic E-state index is 11.6. The molecule has 0 spiro atoms. The maximum Gasteiger partial charge on any atom is 0.337 e. The predicted molar refractivity (Wildman–Crippen MR) is 102 cm³/mol. The topological polar surface area (TPSA) is 35.5 Å². The highest BCUT2D eigenvalue weighted by molar-refractivity contribution is 5.89. The lowest BCUT2D eigenvalue weighted by atomic mass is 9.94. The number of methoxy groups -OCH3 is 1. The van der Waals surface area contributed by atoms with Crippen LogP contribution in [0, 0.1) is 0 Å². The van der Waals surface area contributed by atoms with Crippen molar-refractivity contribution < 1.29 is 14.3 Å². The lowest BCUT2D eigenvalue weighted by Gasteiger charge is -2.14. The van der Waals surface area contributed by atoms with Crippen molar-refractivity contribution in [2.75, 3.05) is 13.7 Å². The number of hydrogen-bond acceptors (Lipinski definition) is 3. The first-order chi connectivity index (χ1) is 12.8. The zero-order valence-corrected chi connectivity index (χ0v) is 14.6. The molecule has 0 atom stereocenters. The molecule has 1 aliphatic carbocycles. The number of benzene rings is 3. The summed E-state index contributed by atoms with van der Waals surface area (Å²) in [5.74, 6) is 0.674. The van der Waals surface area contributed by atoms with E-state index in [1.807, 2.05) is 12.1 Å². The van der Waals surface area contributed by atoms with Gasteiger partial charge in [0.25, 0.3) is 0 Å². The molecule has 130 valence electrons. The Kier molecular flexibility index (Phi) is 4.44. The summed E-state index contributed by atoms with van der Waals surface area (Å²) in [5, 5.41) is 0. The monoisotopic (exact) mass is 344 g/mol. The summed E-state index contributed by atoms with van der Waals surface area (Å²) in [6, 6.07) is 24.3. The number of carbonyl (C=O) groups excluding carboxylic acids is 1. The third-order valence-electron chi connectivity index (χ3n) is 4.89. The van der Waals surface area contributed by atoms with Crippen molar-refractivity contribution in [3.63, 3.8) is 0 Å². The number of hydrogen-bond donors (Lipinski definition) is 0. The molecule has 0 amide bonds. The van der Waals surface area contributed by atoms with Gasteiger partial charge in [-0.05, 0) is 46.9 Å². The van der Waals surface area contributed by atoms with Crippen molar-refractivity contribution in [2.24, 2.45) is 0 Å². The van der Waals surface area contributed by atoms with Crippen molar-refractivity contribution in [1.29, 1.82) is 0 Å². The molecule has 0 aromatic heterocycles. The number of esters is 1. The van der Waals surface area contributed by atoms with Crippen molar-refractivity contribution in [3.05, 3.63) is 89.5 Å². The molecule has 3 heteroatoms. The fourth-order valence-corrected chi connectivity index (χ4v) is 3.70. The molecule has 4 rings (SSSR count). The maximum absolute atomic E-state index is 11.6. The molecule has 3 aromatic rings. The van der Waals surface area contributed by atoms with Gasteiger partial charge in [-0.1, -0.05) is 54.6 Å². The van der Waals surface area contributed by atoms with Crippen LogP contribution in [0.5, 0.6) is 5.75 Å². The van der Waals surface area contributed by atoms with Crippen LogP contribution in [0.3, 0.4) is 0 Å². The average molecular weight is 344 g/mol. The second-order valence-electron chi connectivity index (χ2n) is 6.38. The largest absolute Gasteiger partial charge is 0.494 e. The quantitative estimate of drug-likeness (QED) is 0.607. The van der Waals surface area contributed by atoms with E-state index < -0.39 is 0 Å². The van der Waals surface area contributed by atoms with Crippen LogP contribution in [0.25, 0.3) is 11.1 Å².